The summed E-state index contributed by atoms with van der Waals surface area (Å²) in [5.74, 6) is -0.500. The van der Waals surface area contributed by atoms with Crippen molar-refractivity contribution in [1.82, 2.24) is 5.32 Å². The molecule has 0 bridgehead atoms. The van der Waals surface area contributed by atoms with Crippen molar-refractivity contribution in [2.45, 2.75) is 32.4 Å². The Labute approximate surface area is 100 Å². The zero-order valence-electron chi connectivity index (χ0n) is 10.2. The average Bonchev–Trinajstić information content (AvgIpc) is 2.15. The summed E-state index contributed by atoms with van der Waals surface area (Å²) in [6, 6.07) is 4.06. The highest BCUT2D eigenvalue weighted by Crippen LogP contribution is 2.28. The minimum absolute atomic E-state index is 0.00684. The molecule has 0 aromatic heterocycles. The maximum Gasteiger partial charge on any atom is 0.237 e. The van der Waals surface area contributed by atoms with E-state index in [9.17, 15) is 15.0 Å². The minimum atomic E-state index is -0.871. The van der Waals surface area contributed by atoms with Gasteiger partial charge in [0.1, 0.15) is 11.5 Å². The fourth-order valence-electron chi connectivity index (χ4n) is 1.59. The molecule has 1 aromatic carbocycles. The van der Waals surface area contributed by atoms with Gasteiger partial charge in [-0.2, -0.15) is 0 Å². The van der Waals surface area contributed by atoms with Crippen LogP contribution in [-0.4, -0.2) is 21.7 Å². The molecule has 0 heterocycles. The number of nitrogens with one attached hydrogen (secondary N) is 1. The van der Waals surface area contributed by atoms with E-state index in [2.05, 4.69) is 5.32 Å². The Balaban J connectivity index is 2.90. The van der Waals surface area contributed by atoms with Gasteiger partial charge in [-0.3, -0.25) is 10.1 Å². The van der Waals surface area contributed by atoms with Crippen LogP contribution in [0.15, 0.2) is 18.2 Å². The van der Waals surface area contributed by atoms with Crippen molar-refractivity contribution in [3.05, 3.63) is 23.8 Å². The second-order valence-corrected chi connectivity index (χ2v) is 4.60. The van der Waals surface area contributed by atoms with E-state index >= 15 is 0 Å². The highest BCUT2D eigenvalue weighted by Gasteiger charge is 2.27. The largest absolute Gasteiger partial charge is 0.508 e. The number of hydrogen-bond donors (Lipinski definition) is 4. The predicted octanol–water partition coefficient (Wildman–Crippen LogP) is 1.01. The molecule has 5 heteroatoms. The van der Waals surface area contributed by atoms with Crippen LogP contribution in [0, 0.1) is 0 Å². The molecule has 5 N–H and O–H groups in total. The number of benzene rings is 1. The van der Waals surface area contributed by atoms with Crippen molar-refractivity contribution in [3.63, 3.8) is 0 Å². The summed E-state index contributed by atoms with van der Waals surface area (Å²) in [5, 5.41) is 21.9. The summed E-state index contributed by atoms with van der Waals surface area (Å²) in [4.78, 5) is 11.2. The second-order valence-electron chi connectivity index (χ2n) is 4.60. The molecule has 0 aliphatic carbocycles. The van der Waals surface area contributed by atoms with Crippen LogP contribution >= 0.6 is 0 Å². The maximum absolute atomic E-state index is 11.2. The molecule has 0 fully saturated rings. The van der Waals surface area contributed by atoms with E-state index in [1.807, 2.05) is 0 Å². The van der Waals surface area contributed by atoms with Crippen molar-refractivity contribution in [2.24, 2.45) is 5.73 Å². The van der Waals surface area contributed by atoms with Crippen LogP contribution in [0.4, 0.5) is 0 Å². The van der Waals surface area contributed by atoms with Gasteiger partial charge < -0.3 is 15.9 Å². The quantitative estimate of drug-likeness (QED) is 0.629. The first-order valence-electron chi connectivity index (χ1n) is 5.33. The molecule has 1 rings (SSSR count). The maximum atomic E-state index is 11.2. The molecule has 1 unspecified atom stereocenters. The van der Waals surface area contributed by atoms with E-state index in [0.29, 0.717) is 5.56 Å². The Bertz CT molecular complexity index is 430. The third kappa shape index (κ3) is 3.10. The van der Waals surface area contributed by atoms with E-state index in [4.69, 9.17) is 5.73 Å². The van der Waals surface area contributed by atoms with Crippen molar-refractivity contribution >= 4 is 5.91 Å². The first kappa shape index (κ1) is 13.3. The molecular formula is C12H18N2O3. The lowest BCUT2D eigenvalue weighted by Gasteiger charge is -2.27. The number of carbonyl (C=O) groups is 1. The summed E-state index contributed by atoms with van der Waals surface area (Å²) in [6.45, 7) is 5.14. The average molecular weight is 238 g/mol. The normalized spacial score (nSPS) is 13.4. The van der Waals surface area contributed by atoms with Crippen LogP contribution in [0.3, 0.4) is 0 Å². The molecule has 0 saturated carbocycles. The van der Waals surface area contributed by atoms with Gasteiger partial charge in [0, 0.05) is 17.7 Å². The summed E-state index contributed by atoms with van der Waals surface area (Å²) in [5.41, 5.74) is 4.98. The van der Waals surface area contributed by atoms with Crippen molar-refractivity contribution in [2.75, 3.05) is 0 Å². The van der Waals surface area contributed by atoms with Gasteiger partial charge in [0.15, 0.2) is 0 Å². The first-order chi connectivity index (χ1) is 7.74. The number of phenolic OH excluding ortho intramolecular Hbond substituents is 2. The molecule has 0 aliphatic rings. The lowest BCUT2D eigenvalue weighted by Crippen LogP contribution is -2.51. The van der Waals surface area contributed by atoms with Gasteiger partial charge in [-0.05, 0) is 26.8 Å². The smallest absolute Gasteiger partial charge is 0.237 e. The molecule has 1 amide bonds. The monoisotopic (exact) mass is 238 g/mol. The Hall–Kier alpha value is -1.75. The molecule has 1 aromatic rings. The Kier molecular flexibility index (Phi) is 3.63. The number of carbonyl (C=O) groups excluding carboxylic acids is 1. The molecule has 0 saturated heterocycles. The van der Waals surface area contributed by atoms with Gasteiger partial charge in [-0.1, -0.05) is 6.07 Å². The molecule has 94 valence electrons. The summed E-state index contributed by atoms with van der Waals surface area (Å²) in [7, 11) is 0. The molecule has 17 heavy (non-hydrogen) atoms. The summed E-state index contributed by atoms with van der Waals surface area (Å²) < 4.78 is 0. The molecule has 0 aliphatic heterocycles. The van der Waals surface area contributed by atoms with Crippen LogP contribution in [0.2, 0.25) is 0 Å². The molecule has 1 atom stereocenters. The van der Waals surface area contributed by atoms with Crippen LogP contribution in [0.5, 0.6) is 11.5 Å². The van der Waals surface area contributed by atoms with Crippen LogP contribution in [-0.2, 0) is 4.79 Å². The third-order valence-corrected chi connectivity index (χ3v) is 2.67. The van der Waals surface area contributed by atoms with Gasteiger partial charge in [0.05, 0.1) is 5.54 Å². The minimum Gasteiger partial charge on any atom is -0.508 e. The van der Waals surface area contributed by atoms with E-state index in [1.165, 1.54) is 12.1 Å². The van der Waals surface area contributed by atoms with Crippen LogP contribution in [0.1, 0.15) is 32.4 Å². The van der Waals surface area contributed by atoms with Crippen molar-refractivity contribution in [1.29, 1.82) is 0 Å². The lowest BCUT2D eigenvalue weighted by molar-refractivity contribution is -0.123. The number of hydrogen-bond acceptors (Lipinski definition) is 4. The SMILES string of the molecule is CC(NC(C)(C)C(N)=O)c1ccc(O)cc1O. The number of phenols is 2. The van der Waals surface area contributed by atoms with Gasteiger partial charge in [-0.25, -0.2) is 0 Å². The van der Waals surface area contributed by atoms with Crippen LogP contribution in [0.25, 0.3) is 0 Å². The molecule has 0 spiro atoms. The fourth-order valence-corrected chi connectivity index (χ4v) is 1.59. The zero-order chi connectivity index (χ0) is 13.2. The first-order valence-corrected chi connectivity index (χ1v) is 5.33. The fraction of sp³-hybridized carbons (Fsp3) is 0.417. The van der Waals surface area contributed by atoms with Gasteiger partial charge in [0.25, 0.3) is 0 Å². The van der Waals surface area contributed by atoms with Gasteiger partial charge in [-0.15, -0.1) is 0 Å². The Morgan fingerprint density at radius 3 is 2.47 bits per heavy atom. The number of rotatable bonds is 4. The molecule has 0 radical (unpaired) electrons. The van der Waals surface area contributed by atoms with Crippen molar-refractivity contribution < 1.29 is 15.0 Å². The highest BCUT2D eigenvalue weighted by molar-refractivity contribution is 5.83. The summed E-state index contributed by atoms with van der Waals surface area (Å²) >= 11 is 0. The Morgan fingerprint density at radius 1 is 1.41 bits per heavy atom. The van der Waals surface area contributed by atoms with E-state index in [1.54, 1.807) is 26.8 Å². The van der Waals surface area contributed by atoms with Gasteiger partial charge >= 0.3 is 0 Å². The van der Waals surface area contributed by atoms with E-state index in [0.717, 1.165) is 0 Å². The second kappa shape index (κ2) is 4.63. The van der Waals surface area contributed by atoms with Crippen molar-refractivity contribution in [3.8, 4) is 11.5 Å². The van der Waals surface area contributed by atoms with Crippen LogP contribution < -0.4 is 11.1 Å². The van der Waals surface area contributed by atoms with E-state index < -0.39 is 11.4 Å². The number of aromatic hydroxyl groups is 2. The highest BCUT2D eigenvalue weighted by atomic mass is 16.3. The molecular weight excluding hydrogens is 220 g/mol. The summed E-state index contributed by atoms with van der Waals surface area (Å²) in [6.07, 6.45) is 0. The van der Waals surface area contributed by atoms with E-state index in [-0.39, 0.29) is 17.5 Å². The standard InChI is InChI=1S/C12H18N2O3/c1-7(14-12(2,3)11(13)17)9-5-4-8(15)6-10(9)16/h4-7,14-16H,1-3H3,(H2,13,17). The zero-order valence-corrected chi connectivity index (χ0v) is 10.2. The predicted molar refractivity (Wildman–Crippen MR) is 64.6 cm³/mol. The van der Waals surface area contributed by atoms with Gasteiger partial charge in [0.2, 0.25) is 5.91 Å². The molecule has 5 nitrogen and oxygen atoms in total. The Morgan fingerprint density at radius 2 is 2.00 bits per heavy atom. The third-order valence-electron chi connectivity index (χ3n) is 2.67. The lowest BCUT2D eigenvalue weighted by atomic mass is 10.00. The topological polar surface area (TPSA) is 95.6 Å². The number of primary amides is 1. The number of nitrogens with two attached hydrogens (primary N) is 1. The number of amides is 1.